The van der Waals surface area contributed by atoms with Gasteiger partial charge in [0.2, 0.25) is 0 Å². The maximum absolute atomic E-state index is 12.9. The number of aliphatic hydroxyl groups excluding tert-OH is 1. The lowest BCUT2D eigenvalue weighted by Gasteiger charge is -2.61. The summed E-state index contributed by atoms with van der Waals surface area (Å²) in [6.45, 7) is 13.0. The van der Waals surface area contributed by atoms with Crippen molar-refractivity contribution in [3.63, 3.8) is 0 Å². The summed E-state index contributed by atoms with van der Waals surface area (Å²) in [6.07, 6.45) is 11.6. The summed E-state index contributed by atoms with van der Waals surface area (Å²) >= 11 is 0. The minimum Gasteiger partial charge on any atom is -0.393 e. The molecule has 200 valence electrons. The molecule has 4 aliphatic rings. The molecule has 1 N–H and O–H groups in total. The van der Waals surface area contributed by atoms with Gasteiger partial charge >= 0.3 is 0 Å². The maximum Gasteiger partial charge on any atom is 0.178 e. The molecular formula is C31H52O3S. The summed E-state index contributed by atoms with van der Waals surface area (Å²) in [5.74, 6) is 3.91. The Bertz CT molecular complexity index is 897. The number of rotatable bonds is 4. The highest BCUT2D eigenvalue weighted by atomic mass is 32.2. The number of benzene rings is 1. The Morgan fingerprint density at radius 1 is 0.829 bits per heavy atom. The third-order valence-electron chi connectivity index (χ3n) is 10.7. The molecule has 0 heterocycles. The smallest absolute Gasteiger partial charge is 0.178 e. The Balaban J connectivity index is 0.000000815. The zero-order chi connectivity index (χ0) is 25.9. The predicted octanol–water partition coefficient (Wildman–Crippen LogP) is 7.92. The third-order valence-corrected chi connectivity index (χ3v) is 12.4. The lowest BCUT2D eigenvalue weighted by molar-refractivity contribution is -0.126. The molecule has 4 heteroatoms. The fraction of sp³-hybridized carbons (Fsp3) is 0.806. The maximum atomic E-state index is 12.9. The van der Waals surface area contributed by atoms with E-state index in [1.54, 1.807) is 12.1 Å². The first-order valence-electron chi connectivity index (χ1n) is 14.7. The van der Waals surface area contributed by atoms with Gasteiger partial charge < -0.3 is 5.11 Å². The van der Waals surface area contributed by atoms with Crippen molar-refractivity contribution in [1.29, 1.82) is 0 Å². The molecule has 0 bridgehead atoms. The normalized spacial score (nSPS) is 40.1. The van der Waals surface area contributed by atoms with Crippen molar-refractivity contribution >= 4 is 9.84 Å². The van der Waals surface area contributed by atoms with Crippen LogP contribution in [0.15, 0.2) is 35.2 Å². The van der Waals surface area contributed by atoms with Crippen LogP contribution >= 0.6 is 0 Å². The summed E-state index contributed by atoms with van der Waals surface area (Å²) in [5, 5.41) is 10.2. The molecule has 4 fully saturated rings. The van der Waals surface area contributed by atoms with Crippen LogP contribution in [0.3, 0.4) is 0 Å². The Kier molecular flexibility index (Phi) is 9.57. The molecule has 5 rings (SSSR count). The molecule has 1 aromatic carbocycles. The van der Waals surface area contributed by atoms with Gasteiger partial charge in [0, 0.05) is 0 Å². The largest absolute Gasteiger partial charge is 0.393 e. The van der Waals surface area contributed by atoms with Crippen molar-refractivity contribution in [2.75, 3.05) is 5.75 Å². The Labute approximate surface area is 216 Å². The fourth-order valence-corrected chi connectivity index (χ4v) is 10.3. The first-order chi connectivity index (χ1) is 16.7. The molecule has 35 heavy (non-hydrogen) atoms. The lowest BCUT2D eigenvalue weighted by Crippen LogP contribution is -2.53. The van der Waals surface area contributed by atoms with Gasteiger partial charge in [-0.2, -0.15) is 0 Å². The number of fused-ring (bicyclic) bond motifs is 5. The van der Waals surface area contributed by atoms with Crippen LogP contribution in [0.4, 0.5) is 0 Å². The monoisotopic (exact) mass is 504 g/mol. The molecule has 8 atom stereocenters. The van der Waals surface area contributed by atoms with Crippen molar-refractivity contribution in [2.24, 2.45) is 40.4 Å². The van der Waals surface area contributed by atoms with Crippen molar-refractivity contribution in [3.8, 4) is 0 Å². The molecule has 4 saturated carbocycles. The Morgan fingerprint density at radius 2 is 1.46 bits per heavy atom. The van der Waals surface area contributed by atoms with Gasteiger partial charge in [-0.25, -0.2) is 8.42 Å². The molecule has 0 aliphatic heterocycles. The molecular weight excluding hydrogens is 452 g/mol. The SMILES string of the molecule is CC.CC.CC12CCC3C(CCC4CC(O)CCC43C)C1CCC2CCS(=O)(=O)c1ccccc1. The van der Waals surface area contributed by atoms with Gasteiger partial charge in [0.1, 0.15) is 0 Å². The average Bonchev–Trinajstić information content (AvgIpc) is 3.22. The zero-order valence-electron chi connectivity index (χ0n) is 23.3. The molecule has 1 aromatic rings. The van der Waals surface area contributed by atoms with E-state index in [9.17, 15) is 13.5 Å². The molecule has 8 unspecified atom stereocenters. The number of sulfone groups is 1. The standard InChI is InChI=1S/C27H40O3S.2C2H6/c1-26-16-13-25-23(10-8-20-18-21(28)12-15-27(20,25)2)24(26)11-9-19(26)14-17-31(29,30)22-6-4-3-5-7-22;2*1-2/h3-7,19-21,23-25,28H,8-18H2,1-2H3;2*1-2H3. The first-order valence-corrected chi connectivity index (χ1v) is 16.3. The number of aliphatic hydroxyl groups is 1. The molecule has 0 aromatic heterocycles. The van der Waals surface area contributed by atoms with Crippen LogP contribution in [0.25, 0.3) is 0 Å². The summed E-state index contributed by atoms with van der Waals surface area (Å²) in [7, 11) is -3.19. The number of hydrogen-bond acceptors (Lipinski definition) is 3. The zero-order valence-corrected chi connectivity index (χ0v) is 24.1. The van der Waals surface area contributed by atoms with E-state index < -0.39 is 9.84 Å². The highest BCUT2D eigenvalue weighted by Gasteiger charge is 2.59. The van der Waals surface area contributed by atoms with Gasteiger partial charge in [-0.05, 0) is 117 Å². The Morgan fingerprint density at radius 3 is 2.14 bits per heavy atom. The van der Waals surface area contributed by atoms with Crippen molar-refractivity contribution in [3.05, 3.63) is 30.3 Å². The van der Waals surface area contributed by atoms with Gasteiger partial charge in [-0.1, -0.05) is 59.7 Å². The third kappa shape index (κ3) is 5.40. The lowest BCUT2D eigenvalue weighted by atomic mass is 9.44. The van der Waals surface area contributed by atoms with Crippen LogP contribution < -0.4 is 0 Å². The van der Waals surface area contributed by atoms with Gasteiger partial charge in [-0.3, -0.25) is 0 Å². The van der Waals surface area contributed by atoms with E-state index in [1.807, 2.05) is 45.9 Å². The van der Waals surface area contributed by atoms with Crippen LogP contribution in [0.1, 0.15) is 106 Å². The summed E-state index contributed by atoms with van der Waals surface area (Å²) in [5.41, 5.74) is 0.725. The summed E-state index contributed by atoms with van der Waals surface area (Å²) in [6, 6.07) is 8.99. The predicted molar refractivity (Wildman–Crippen MR) is 147 cm³/mol. The summed E-state index contributed by atoms with van der Waals surface area (Å²) < 4.78 is 25.8. The molecule has 0 radical (unpaired) electrons. The van der Waals surface area contributed by atoms with Gasteiger partial charge in [0.25, 0.3) is 0 Å². The van der Waals surface area contributed by atoms with E-state index in [4.69, 9.17) is 0 Å². The second-order valence-corrected chi connectivity index (χ2v) is 13.9. The minimum atomic E-state index is -3.19. The van der Waals surface area contributed by atoms with E-state index in [-0.39, 0.29) is 11.9 Å². The second-order valence-electron chi connectivity index (χ2n) is 11.8. The van der Waals surface area contributed by atoms with Crippen LogP contribution in [0.5, 0.6) is 0 Å². The molecule has 3 nitrogen and oxygen atoms in total. The van der Waals surface area contributed by atoms with Gasteiger partial charge in [-0.15, -0.1) is 0 Å². The van der Waals surface area contributed by atoms with Crippen LogP contribution in [-0.4, -0.2) is 25.4 Å². The van der Waals surface area contributed by atoms with E-state index in [0.29, 0.717) is 27.6 Å². The minimum absolute atomic E-state index is 0.0779. The molecule has 0 saturated heterocycles. The molecule has 0 amide bonds. The molecule has 0 spiro atoms. The van der Waals surface area contributed by atoms with Crippen LogP contribution in [-0.2, 0) is 9.84 Å². The van der Waals surface area contributed by atoms with Crippen LogP contribution in [0, 0.1) is 40.4 Å². The van der Waals surface area contributed by atoms with Crippen LogP contribution in [0.2, 0.25) is 0 Å². The van der Waals surface area contributed by atoms with E-state index in [2.05, 4.69) is 13.8 Å². The van der Waals surface area contributed by atoms with Gasteiger partial charge in [0.15, 0.2) is 9.84 Å². The highest BCUT2D eigenvalue weighted by molar-refractivity contribution is 7.91. The first kappa shape index (κ1) is 28.7. The topological polar surface area (TPSA) is 54.4 Å². The van der Waals surface area contributed by atoms with E-state index in [1.165, 1.54) is 44.9 Å². The quantitative estimate of drug-likeness (QED) is 0.453. The van der Waals surface area contributed by atoms with E-state index >= 15 is 0 Å². The fourth-order valence-electron chi connectivity index (χ4n) is 8.86. The molecule has 4 aliphatic carbocycles. The number of hydrogen-bond donors (Lipinski definition) is 1. The van der Waals surface area contributed by atoms with Crippen molar-refractivity contribution in [2.45, 2.75) is 117 Å². The van der Waals surface area contributed by atoms with Crippen molar-refractivity contribution in [1.82, 2.24) is 0 Å². The average molecular weight is 505 g/mol. The van der Waals surface area contributed by atoms with E-state index in [0.717, 1.165) is 37.0 Å². The summed E-state index contributed by atoms with van der Waals surface area (Å²) in [4.78, 5) is 0.476. The van der Waals surface area contributed by atoms with Gasteiger partial charge in [0.05, 0.1) is 16.8 Å². The van der Waals surface area contributed by atoms with Crippen molar-refractivity contribution < 1.29 is 13.5 Å². The second kappa shape index (κ2) is 11.7. The Hall–Kier alpha value is -0.870. The highest BCUT2D eigenvalue weighted by Crippen LogP contribution is 2.67.